The van der Waals surface area contributed by atoms with Crippen LogP contribution in [0, 0.1) is 5.92 Å². The second kappa shape index (κ2) is 10.1. The quantitative estimate of drug-likeness (QED) is 0.661. The summed E-state index contributed by atoms with van der Waals surface area (Å²) in [5.74, 6) is 1.41. The van der Waals surface area contributed by atoms with Crippen LogP contribution in [0.15, 0.2) is 4.34 Å². The van der Waals surface area contributed by atoms with E-state index in [1.54, 1.807) is 11.3 Å². The van der Waals surface area contributed by atoms with Crippen LogP contribution >= 0.6 is 23.1 Å². The number of hydrogen-bond acceptors (Lipinski definition) is 7. The smallest absolute Gasteiger partial charge is 0.230 e. The van der Waals surface area contributed by atoms with Gasteiger partial charge < -0.3 is 15.1 Å². The van der Waals surface area contributed by atoms with Gasteiger partial charge in [-0.1, -0.05) is 48.8 Å². The first kappa shape index (κ1) is 20.9. The molecular formula is C20H31N5O2S2. The van der Waals surface area contributed by atoms with Crippen LogP contribution in [0.4, 0.5) is 5.13 Å². The van der Waals surface area contributed by atoms with Crippen LogP contribution in [0.5, 0.6) is 0 Å². The fourth-order valence-electron chi connectivity index (χ4n) is 4.59. The third-order valence-electron chi connectivity index (χ3n) is 6.28. The molecule has 0 atom stereocenters. The van der Waals surface area contributed by atoms with Gasteiger partial charge in [-0.25, -0.2) is 0 Å². The van der Waals surface area contributed by atoms with Crippen LogP contribution < -0.4 is 10.2 Å². The minimum absolute atomic E-state index is 0.0908. The molecule has 2 saturated carbocycles. The first-order chi connectivity index (χ1) is 14.2. The monoisotopic (exact) mass is 437 g/mol. The summed E-state index contributed by atoms with van der Waals surface area (Å²) in [6, 6.07) is 0.362. The van der Waals surface area contributed by atoms with E-state index in [1.807, 2.05) is 4.90 Å². The Morgan fingerprint density at radius 1 is 1.00 bits per heavy atom. The van der Waals surface area contributed by atoms with Crippen LogP contribution in [-0.4, -0.2) is 64.9 Å². The van der Waals surface area contributed by atoms with Crippen molar-refractivity contribution in [2.24, 2.45) is 5.92 Å². The van der Waals surface area contributed by atoms with E-state index in [1.165, 1.54) is 50.3 Å². The average Bonchev–Trinajstić information content (AvgIpc) is 3.50. The fourth-order valence-corrected chi connectivity index (χ4v) is 6.30. The number of hydrogen-bond donors (Lipinski definition) is 1. The van der Waals surface area contributed by atoms with Crippen molar-refractivity contribution in [1.82, 2.24) is 20.4 Å². The number of carbonyl (C=O) groups excluding carboxylic acids is 2. The molecule has 1 N–H and O–H groups in total. The Bertz CT molecular complexity index is 693. The van der Waals surface area contributed by atoms with E-state index in [-0.39, 0.29) is 5.91 Å². The number of piperazine rings is 1. The van der Waals surface area contributed by atoms with Gasteiger partial charge in [0.05, 0.1) is 5.75 Å². The van der Waals surface area contributed by atoms with Gasteiger partial charge in [-0.15, -0.1) is 10.2 Å². The summed E-state index contributed by atoms with van der Waals surface area (Å²) in [4.78, 5) is 28.8. The molecule has 9 heteroatoms. The van der Waals surface area contributed by atoms with Crippen molar-refractivity contribution in [1.29, 1.82) is 0 Å². The molecule has 1 aromatic heterocycles. The molecule has 1 aromatic rings. The average molecular weight is 438 g/mol. The predicted molar refractivity (Wildman–Crippen MR) is 116 cm³/mol. The maximum Gasteiger partial charge on any atom is 0.230 e. The molecule has 2 amide bonds. The van der Waals surface area contributed by atoms with E-state index in [9.17, 15) is 9.59 Å². The van der Waals surface area contributed by atoms with E-state index in [4.69, 9.17) is 0 Å². The molecule has 0 unspecified atom stereocenters. The lowest BCUT2D eigenvalue weighted by atomic mass is 10.0. The Hall–Kier alpha value is -1.35. The number of rotatable bonds is 7. The molecule has 160 valence electrons. The van der Waals surface area contributed by atoms with Gasteiger partial charge in [0.1, 0.15) is 0 Å². The second-order valence-electron chi connectivity index (χ2n) is 8.41. The first-order valence-electron chi connectivity index (χ1n) is 11.0. The van der Waals surface area contributed by atoms with Crippen LogP contribution in [-0.2, 0) is 9.59 Å². The summed E-state index contributed by atoms with van der Waals surface area (Å²) in [5, 5.41) is 12.6. The summed E-state index contributed by atoms with van der Waals surface area (Å²) in [7, 11) is 0. The Morgan fingerprint density at radius 3 is 2.41 bits per heavy atom. The molecule has 0 spiro atoms. The van der Waals surface area contributed by atoms with E-state index < -0.39 is 0 Å². The van der Waals surface area contributed by atoms with Crippen molar-refractivity contribution in [3.8, 4) is 0 Å². The lowest BCUT2D eigenvalue weighted by molar-refractivity contribution is -0.132. The Balaban J connectivity index is 1.18. The number of aromatic nitrogens is 2. The maximum absolute atomic E-state index is 12.5. The molecule has 29 heavy (non-hydrogen) atoms. The van der Waals surface area contributed by atoms with Gasteiger partial charge in [0.15, 0.2) is 4.34 Å². The first-order valence-corrected chi connectivity index (χ1v) is 12.8. The van der Waals surface area contributed by atoms with Gasteiger partial charge in [0.2, 0.25) is 16.9 Å². The largest absolute Gasteiger partial charge is 0.353 e. The topological polar surface area (TPSA) is 78.4 Å². The van der Waals surface area contributed by atoms with Crippen molar-refractivity contribution in [3.05, 3.63) is 0 Å². The highest BCUT2D eigenvalue weighted by molar-refractivity contribution is 8.01. The zero-order valence-corrected chi connectivity index (χ0v) is 18.6. The van der Waals surface area contributed by atoms with Gasteiger partial charge in [-0.05, 0) is 31.6 Å². The van der Waals surface area contributed by atoms with Gasteiger partial charge in [0, 0.05) is 38.6 Å². The molecule has 7 nitrogen and oxygen atoms in total. The normalized spacial score (nSPS) is 21.1. The number of nitrogens with one attached hydrogen (secondary N) is 1. The fraction of sp³-hybridized carbons (Fsp3) is 0.800. The van der Waals surface area contributed by atoms with Gasteiger partial charge in [-0.3, -0.25) is 9.59 Å². The predicted octanol–water partition coefficient (Wildman–Crippen LogP) is 2.92. The zero-order chi connectivity index (χ0) is 20.1. The minimum Gasteiger partial charge on any atom is -0.353 e. The minimum atomic E-state index is 0.0908. The van der Waals surface area contributed by atoms with Crippen LogP contribution in [0.3, 0.4) is 0 Å². The summed E-state index contributed by atoms with van der Waals surface area (Å²) in [6.45, 7) is 3.13. The lowest BCUT2D eigenvalue weighted by Gasteiger charge is -2.34. The van der Waals surface area contributed by atoms with E-state index in [0.29, 0.717) is 23.6 Å². The zero-order valence-electron chi connectivity index (χ0n) is 17.0. The third kappa shape index (κ3) is 5.84. The highest BCUT2D eigenvalue weighted by atomic mass is 32.2. The molecule has 1 aliphatic heterocycles. The van der Waals surface area contributed by atoms with Crippen molar-refractivity contribution in [3.63, 3.8) is 0 Å². The molecule has 3 aliphatic rings. The van der Waals surface area contributed by atoms with Crippen molar-refractivity contribution < 1.29 is 9.59 Å². The summed E-state index contributed by atoms with van der Waals surface area (Å²) in [6.07, 6.45) is 10.4. The molecule has 1 saturated heterocycles. The van der Waals surface area contributed by atoms with Crippen LogP contribution in [0.25, 0.3) is 0 Å². The molecule has 0 bridgehead atoms. The van der Waals surface area contributed by atoms with Crippen molar-refractivity contribution >= 4 is 40.0 Å². The molecular weight excluding hydrogens is 406 g/mol. The standard InChI is InChI=1S/C20H31N5O2S2/c26-17(21-16-7-3-4-8-16)14-28-20-23-22-19(29-20)25-11-9-24(10-12-25)18(27)13-15-5-1-2-6-15/h15-16H,1-14H2,(H,21,26). The summed E-state index contributed by atoms with van der Waals surface area (Å²) >= 11 is 3.00. The molecule has 0 radical (unpaired) electrons. The van der Waals surface area contributed by atoms with E-state index in [2.05, 4.69) is 20.4 Å². The number of thioether (sulfide) groups is 1. The summed E-state index contributed by atoms with van der Waals surface area (Å²) in [5.41, 5.74) is 0. The third-order valence-corrected chi connectivity index (χ3v) is 8.40. The maximum atomic E-state index is 12.5. The number of nitrogens with zero attached hydrogens (tertiary/aromatic N) is 4. The Kier molecular flexibility index (Phi) is 7.29. The highest BCUT2D eigenvalue weighted by Gasteiger charge is 2.26. The highest BCUT2D eigenvalue weighted by Crippen LogP contribution is 2.30. The van der Waals surface area contributed by atoms with E-state index >= 15 is 0 Å². The Morgan fingerprint density at radius 2 is 1.69 bits per heavy atom. The molecule has 2 aliphatic carbocycles. The molecule has 0 aromatic carbocycles. The molecule has 3 fully saturated rings. The van der Waals surface area contributed by atoms with Crippen LogP contribution in [0.2, 0.25) is 0 Å². The van der Waals surface area contributed by atoms with Crippen molar-refractivity contribution in [2.75, 3.05) is 36.8 Å². The number of amides is 2. The van der Waals surface area contributed by atoms with Gasteiger partial charge in [-0.2, -0.15) is 0 Å². The molecule has 2 heterocycles. The van der Waals surface area contributed by atoms with Crippen LogP contribution in [0.1, 0.15) is 57.8 Å². The SMILES string of the molecule is O=C(CSc1nnc(N2CCN(C(=O)CC3CCCC3)CC2)s1)NC1CCCC1. The number of carbonyl (C=O) groups is 2. The van der Waals surface area contributed by atoms with Gasteiger partial charge in [0.25, 0.3) is 0 Å². The van der Waals surface area contributed by atoms with Crippen molar-refractivity contribution in [2.45, 2.75) is 68.2 Å². The Labute approximate surface area is 181 Å². The number of anilines is 1. The second-order valence-corrected chi connectivity index (χ2v) is 10.6. The lowest BCUT2D eigenvalue weighted by Crippen LogP contribution is -2.49. The van der Waals surface area contributed by atoms with E-state index in [0.717, 1.165) is 54.9 Å². The summed E-state index contributed by atoms with van der Waals surface area (Å²) < 4.78 is 0.835. The molecule has 4 rings (SSSR count). The van der Waals surface area contributed by atoms with Gasteiger partial charge >= 0.3 is 0 Å².